The Labute approximate surface area is 155 Å². The average molecular weight is 376 g/mol. The van der Waals surface area contributed by atoms with Gasteiger partial charge in [-0.15, -0.1) is 0 Å². The number of hydrogen-bond donors (Lipinski definition) is 1. The van der Waals surface area contributed by atoms with E-state index < -0.39 is 0 Å². The third kappa shape index (κ3) is 4.96. The van der Waals surface area contributed by atoms with E-state index in [0.29, 0.717) is 27.0 Å². The molecule has 0 bridgehead atoms. The first-order valence-electron chi connectivity index (χ1n) is 7.44. The molecule has 0 aliphatic carbocycles. The second-order valence-corrected chi connectivity index (χ2v) is 6.07. The highest BCUT2D eigenvalue weighted by Crippen LogP contribution is 2.29. The molecule has 0 aliphatic heterocycles. The zero-order chi connectivity index (χ0) is 18.4. The number of nitrogens with zero attached hydrogens (tertiary/aromatic N) is 2. The van der Waals surface area contributed by atoms with Gasteiger partial charge in [0.2, 0.25) is 11.8 Å². The Morgan fingerprint density at radius 2 is 1.92 bits per heavy atom. The van der Waals surface area contributed by atoms with E-state index in [9.17, 15) is 9.59 Å². The third-order valence-corrected chi connectivity index (χ3v) is 4.02. The van der Waals surface area contributed by atoms with Crippen molar-refractivity contribution < 1.29 is 9.59 Å². The minimum atomic E-state index is -0.313. The largest absolute Gasteiger partial charge is 0.325 e. The number of anilines is 2. The smallest absolute Gasteiger partial charge is 0.226 e. The van der Waals surface area contributed by atoms with Crippen LogP contribution in [0.2, 0.25) is 10.0 Å². The van der Waals surface area contributed by atoms with E-state index in [1.807, 2.05) is 6.07 Å². The molecule has 2 rings (SSSR count). The molecule has 0 saturated heterocycles. The lowest BCUT2D eigenvalue weighted by Crippen LogP contribution is -2.32. The van der Waals surface area contributed by atoms with Crippen LogP contribution in [-0.4, -0.2) is 18.4 Å². The molecule has 0 unspecified atom stereocenters. The maximum Gasteiger partial charge on any atom is 0.226 e. The highest BCUT2D eigenvalue weighted by molar-refractivity contribution is 6.35. The van der Waals surface area contributed by atoms with Crippen molar-refractivity contribution in [3.8, 4) is 6.07 Å². The molecule has 0 radical (unpaired) electrons. The Balaban J connectivity index is 2.09. The SMILES string of the molecule is CC(=O)N(CCC(=O)Nc1ccccc1C#N)c1cc(Cl)ccc1Cl. The fourth-order valence-corrected chi connectivity index (χ4v) is 2.64. The molecule has 25 heavy (non-hydrogen) atoms. The summed E-state index contributed by atoms with van der Waals surface area (Å²) in [5.41, 5.74) is 1.26. The highest BCUT2D eigenvalue weighted by atomic mass is 35.5. The van der Waals surface area contributed by atoms with Gasteiger partial charge in [-0.1, -0.05) is 35.3 Å². The van der Waals surface area contributed by atoms with E-state index in [4.69, 9.17) is 28.5 Å². The summed E-state index contributed by atoms with van der Waals surface area (Å²) >= 11 is 12.1. The van der Waals surface area contributed by atoms with Crippen molar-refractivity contribution in [1.82, 2.24) is 0 Å². The second kappa shape index (κ2) is 8.52. The van der Waals surface area contributed by atoms with Gasteiger partial charge in [0.05, 0.1) is 22.0 Å². The standard InChI is InChI=1S/C18H15Cl2N3O2/c1-12(24)23(17-10-14(19)6-7-15(17)20)9-8-18(25)22-16-5-3-2-4-13(16)11-21/h2-7,10H,8-9H2,1H3,(H,22,25). The van der Waals surface area contributed by atoms with Crippen LogP contribution in [0, 0.1) is 11.3 Å². The number of nitriles is 1. The van der Waals surface area contributed by atoms with Gasteiger partial charge in [-0.2, -0.15) is 5.26 Å². The van der Waals surface area contributed by atoms with Crippen molar-refractivity contribution in [2.45, 2.75) is 13.3 Å². The van der Waals surface area contributed by atoms with Gasteiger partial charge >= 0.3 is 0 Å². The third-order valence-electron chi connectivity index (χ3n) is 3.46. The number of hydrogen-bond acceptors (Lipinski definition) is 3. The molecule has 0 saturated carbocycles. The van der Waals surface area contributed by atoms with E-state index >= 15 is 0 Å². The van der Waals surface area contributed by atoms with Crippen LogP contribution in [-0.2, 0) is 9.59 Å². The average Bonchev–Trinajstić information content (AvgIpc) is 2.58. The molecule has 128 valence electrons. The quantitative estimate of drug-likeness (QED) is 0.848. The van der Waals surface area contributed by atoms with E-state index in [0.717, 1.165) is 0 Å². The zero-order valence-electron chi connectivity index (χ0n) is 13.4. The van der Waals surface area contributed by atoms with Gasteiger partial charge in [0.1, 0.15) is 6.07 Å². The summed E-state index contributed by atoms with van der Waals surface area (Å²) in [4.78, 5) is 25.5. The van der Waals surface area contributed by atoms with Crippen molar-refractivity contribution >= 4 is 46.4 Å². The highest BCUT2D eigenvalue weighted by Gasteiger charge is 2.17. The van der Waals surface area contributed by atoms with Gasteiger partial charge in [0, 0.05) is 24.9 Å². The van der Waals surface area contributed by atoms with Gasteiger partial charge < -0.3 is 10.2 Å². The second-order valence-electron chi connectivity index (χ2n) is 5.22. The van der Waals surface area contributed by atoms with Crippen molar-refractivity contribution in [3.63, 3.8) is 0 Å². The van der Waals surface area contributed by atoms with Crippen molar-refractivity contribution in [1.29, 1.82) is 5.26 Å². The summed E-state index contributed by atoms with van der Waals surface area (Å²) < 4.78 is 0. The molecule has 0 aliphatic rings. The number of benzene rings is 2. The molecule has 1 N–H and O–H groups in total. The van der Waals surface area contributed by atoms with Crippen LogP contribution in [0.15, 0.2) is 42.5 Å². The zero-order valence-corrected chi connectivity index (χ0v) is 14.9. The molecule has 2 aromatic rings. The number of para-hydroxylation sites is 1. The summed E-state index contributed by atoms with van der Waals surface area (Å²) in [7, 11) is 0. The lowest BCUT2D eigenvalue weighted by Gasteiger charge is -2.22. The normalized spacial score (nSPS) is 10.0. The molecular weight excluding hydrogens is 361 g/mol. The van der Waals surface area contributed by atoms with Crippen molar-refractivity contribution in [2.75, 3.05) is 16.8 Å². The first-order chi connectivity index (χ1) is 11.9. The Bertz CT molecular complexity index is 846. The fourth-order valence-electron chi connectivity index (χ4n) is 2.26. The number of nitrogens with one attached hydrogen (secondary N) is 1. The molecule has 0 heterocycles. The molecule has 5 nitrogen and oxygen atoms in total. The van der Waals surface area contributed by atoms with Crippen LogP contribution in [0.1, 0.15) is 18.9 Å². The molecule has 7 heteroatoms. The Hall–Kier alpha value is -2.55. The lowest BCUT2D eigenvalue weighted by molar-refractivity contribution is -0.117. The molecular formula is C18H15Cl2N3O2. The predicted molar refractivity (Wildman–Crippen MR) is 98.9 cm³/mol. The van der Waals surface area contributed by atoms with E-state index in [2.05, 4.69) is 5.32 Å². The van der Waals surface area contributed by atoms with Gasteiger partial charge in [0.15, 0.2) is 0 Å². The summed E-state index contributed by atoms with van der Waals surface area (Å²) in [6.07, 6.45) is 0.0438. The first kappa shape index (κ1) is 18.8. The van der Waals surface area contributed by atoms with Crippen LogP contribution in [0.4, 0.5) is 11.4 Å². The minimum absolute atomic E-state index is 0.0438. The van der Waals surface area contributed by atoms with Gasteiger partial charge in [-0.05, 0) is 30.3 Å². The molecule has 0 aromatic heterocycles. The number of halogens is 2. The van der Waals surface area contributed by atoms with Crippen LogP contribution in [0.3, 0.4) is 0 Å². The number of carbonyl (C=O) groups excluding carboxylic acids is 2. The van der Waals surface area contributed by atoms with Gasteiger partial charge in [-0.3, -0.25) is 9.59 Å². The lowest BCUT2D eigenvalue weighted by atomic mass is 10.2. The topological polar surface area (TPSA) is 73.2 Å². The molecule has 0 spiro atoms. The number of carbonyl (C=O) groups is 2. The Kier molecular flexibility index (Phi) is 6.40. The maximum absolute atomic E-state index is 12.2. The van der Waals surface area contributed by atoms with E-state index in [1.54, 1.807) is 42.5 Å². The fraction of sp³-hybridized carbons (Fsp3) is 0.167. The van der Waals surface area contributed by atoms with Crippen molar-refractivity contribution in [2.24, 2.45) is 0 Å². The van der Waals surface area contributed by atoms with Crippen LogP contribution < -0.4 is 10.2 Å². The van der Waals surface area contributed by atoms with Gasteiger partial charge in [-0.25, -0.2) is 0 Å². The number of rotatable bonds is 5. The minimum Gasteiger partial charge on any atom is -0.325 e. The van der Waals surface area contributed by atoms with Gasteiger partial charge in [0.25, 0.3) is 0 Å². The number of amides is 2. The Morgan fingerprint density at radius 1 is 1.20 bits per heavy atom. The van der Waals surface area contributed by atoms with Crippen LogP contribution in [0.5, 0.6) is 0 Å². The van der Waals surface area contributed by atoms with Crippen LogP contribution in [0.25, 0.3) is 0 Å². The summed E-state index contributed by atoms with van der Waals surface area (Å²) in [6, 6.07) is 13.5. The monoisotopic (exact) mass is 375 g/mol. The van der Waals surface area contributed by atoms with Crippen LogP contribution >= 0.6 is 23.2 Å². The Morgan fingerprint density at radius 3 is 2.60 bits per heavy atom. The van der Waals surface area contributed by atoms with E-state index in [-0.39, 0.29) is 24.8 Å². The van der Waals surface area contributed by atoms with Crippen molar-refractivity contribution in [3.05, 3.63) is 58.1 Å². The summed E-state index contributed by atoms with van der Waals surface area (Å²) in [6.45, 7) is 1.52. The molecule has 0 atom stereocenters. The molecule has 2 aromatic carbocycles. The summed E-state index contributed by atoms with van der Waals surface area (Å²) in [5, 5.41) is 12.5. The van der Waals surface area contributed by atoms with E-state index in [1.165, 1.54) is 11.8 Å². The summed E-state index contributed by atoms with van der Waals surface area (Å²) in [5.74, 6) is -0.568. The maximum atomic E-state index is 12.2. The molecule has 2 amide bonds. The first-order valence-corrected chi connectivity index (χ1v) is 8.20. The molecule has 0 fully saturated rings. The predicted octanol–water partition coefficient (Wildman–Crippen LogP) is 4.25.